The lowest BCUT2D eigenvalue weighted by Gasteiger charge is -2.19. The molecule has 112 valence electrons. The van der Waals surface area contributed by atoms with Crippen LogP contribution in [0, 0.1) is 0 Å². The average molecular weight is 422 g/mol. The molecule has 18 heavy (non-hydrogen) atoms. The maximum absolute atomic E-state index is 3.73. The van der Waals surface area contributed by atoms with Crippen LogP contribution in [-0.4, -0.2) is 22.6 Å². The Balaban J connectivity index is 0. The zero-order valence-corrected chi connectivity index (χ0v) is 18.3. The van der Waals surface area contributed by atoms with Crippen LogP contribution in [0.2, 0.25) is 0 Å². The highest BCUT2D eigenvalue weighted by Crippen LogP contribution is 2.54. The summed E-state index contributed by atoms with van der Waals surface area (Å²) in [4.78, 5) is 0. The third kappa shape index (κ3) is 10.6. The van der Waals surface area contributed by atoms with Gasteiger partial charge in [0.1, 0.15) is 0 Å². The van der Waals surface area contributed by atoms with E-state index in [1.807, 2.05) is 0 Å². The van der Waals surface area contributed by atoms with E-state index >= 15 is 0 Å². The standard InChI is InChI=1S/2C7H16BrP/c2*1-5-7(4)9(8)6(2)3/h2*6-7H,5H2,1-4H3. The highest BCUT2D eigenvalue weighted by Gasteiger charge is 2.15. The van der Waals surface area contributed by atoms with E-state index in [9.17, 15) is 0 Å². The summed E-state index contributed by atoms with van der Waals surface area (Å²) in [6, 6.07) is 0. The van der Waals surface area contributed by atoms with Crippen LogP contribution >= 0.6 is 44.2 Å². The van der Waals surface area contributed by atoms with Gasteiger partial charge in [0.05, 0.1) is 0 Å². The van der Waals surface area contributed by atoms with Gasteiger partial charge in [-0.2, -0.15) is 0 Å². The van der Waals surface area contributed by atoms with Crippen molar-refractivity contribution in [3.8, 4) is 0 Å². The minimum Gasteiger partial charge on any atom is -0.0648 e. The van der Waals surface area contributed by atoms with E-state index in [1.54, 1.807) is 0 Å². The summed E-state index contributed by atoms with van der Waals surface area (Å²) < 4.78 is 0. The van der Waals surface area contributed by atoms with Crippen molar-refractivity contribution in [1.29, 1.82) is 0 Å². The van der Waals surface area contributed by atoms with E-state index in [4.69, 9.17) is 0 Å². The third-order valence-corrected chi connectivity index (χ3v) is 16.5. The molecule has 0 nitrogen and oxygen atoms in total. The smallest absolute Gasteiger partial charge is 0.0140 e. The van der Waals surface area contributed by atoms with E-state index in [2.05, 4.69) is 86.4 Å². The maximum Gasteiger partial charge on any atom is -0.0140 e. The first kappa shape index (κ1) is 22.1. The first-order valence-electron chi connectivity index (χ1n) is 7.07. The largest absolute Gasteiger partial charge is 0.0648 e. The Morgan fingerprint density at radius 1 is 0.667 bits per heavy atom. The predicted molar refractivity (Wildman–Crippen MR) is 101 cm³/mol. The zero-order chi connectivity index (χ0) is 14.9. The Morgan fingerprint density at radius 2 is 0.889 bits per heavy atom. The van der Waals surface area contributed by atoms with Crippen LogP contribution < -0.4 is 0 Å². The van der Waals surface area contributed by atoms with Gasteiger partial charge in [-0.1, -0.05) is 86.4 Å². The van der Waals surface area contributed by atoms with Gasteiger partial charge in [0, 0.05) is 0 Å². The van der Waals surface area contributed by atoms with Gasteiger partial charge in [-0.05, 0) is 48.7 Å². The second kappa shape index (κ2) is 12.6. The van der Waals surface area contributed by atoms with Gasteiger partial charge >= 0.3 is 0 Å². The molecule has 0 aliphatic rings. The molecule has 0 heterocycles. The minimum atomic E-state index is 0.112. The van der Waals surface area contributed by atoms with Gasteiger partial charge in [0.15, 0.2) is 0 Å². The van der Waals surface area contributed by atoms with Crippen molar-refractivity contribution in [2.24, 2.45) is 0 Å². The summed E-state index contributed by atoms with van der Waals surface area (Å²) in [7, 11) is 0. The molecule has 0 bridgehead atoms. The molecule has 0 aromatic carbocycles. The van der Waals surface area contributed by atoms with E-state index in [0.29, 0.717) is 0 Å². The van der Waals surface area contributed by atoms with Crippen LogP contribution in [0.15, 0.2) is 0 Å². The number of hydrogen-bond acceptors (Lipinski definition) is 0. The van der Waals surface area contributed by atoms with Crippen molar-refractivity contribution in [2.45, 2.75) is 90.9 Å². The molecule has 0 aromatic heterocycles. The third-order valence-electron chi connectivity index (χ3n) is 3.01. The Bertz CT molecular complexity index is 167. The van der Waals surface area contributed by atoms with Gasteiger partial charge in [-0.15, -0.1) is 0 Å². The van der Waals surface area contributed by atoms with E-state index < -0.39 is 0 Å². The Labute approximate surface area is 134 Å². The second-order valence-electron chi connectivity index (χ2n) is 5.39. The number of rotatable bonds is 6. The number of hydrogen-bond donors (Lipinski definition) is 0. The molecule has 0 aliphatic carbocycles. The van der Waals surface area contributed by atoms with Gasteiger partial charge in [0.2, 0.25) is 0 Å². The molecule has 4 unspecified atom stereocenters. The van der Waals surface area contributed by atoms with Crippen LogP contribution in [0.4, 0.5) is 0 Å². The molecule has 0 N–H and O–H groups in total. The van der Waals surface area contributed by atoms with Gasteiger partial charge in [-0.25, -0.2) is 0 Å². The molecule has 0 saturated heterocycles. The van der Waals surface area contributed by atoms with Crippen LogP contribution in [-0.2, 0) is 0 Å². The van der Waals surface area contributed by atoms with Crippen molar-refractivity contribution in [3.63, 3.8) is 0 Å². The topological polar surface area (TPSA) is 0 Å². The summed E-state index contributed by atoms with van der Waals surface area (Å²) in [6.45, 7) is 18.5. The van der Waals surface area contributed by atoms with Crippen LogP contribution in [0.25, 0.3) is 0 Å². The van der Waals surface area contributed by atoms with Crippen molar-refractivity contribution in [2.75, 3.05) is 0 Å². The summed E-state index contributed by atoms with van der Waals surface area (Å²) >= 11 is 7.47. The van der Waals surface area contributed by atoms with E-state index in [0.717, 1.165) is 22.6 Å². The zero-order valence-electron chi connectivity index (χ0n) is 13.4. The molecule has 0 amide bonds. The summed E-state index contributed by atoms with van der Waals surface area (Å²) in [6.07, 6.45) is 2.60. The first-order chi connectivity index (χ1) is 8.18. The molecule has 0 aromatic rings. The molecule has 0 spiro atoms. The second-order valence-corrected chi connectivity index (χ2v) is 15.5. The maximum atomic E-state index is 3.73. The molecule has 0 radical (unpaired) electrons. The highest BCUT2D eigenvalue weighted by molar-refractivity contribution is 9.39. The summed E-state index contributed by atoms with van der Waals surface area (Å²) in [5, 5.41) is 0. The quantitative estimate of drug-likeness (QED) is 0.381. The average Bonchev–Trinajstić information content (AvgIpc) is 2.35. The van der Waals surface area contributed by atoms with E-state index in [1.165, 1.54) is 12.8 Å². The summed E-state index contributed by atoms with van der Waals surface area (Å²) in [5.74, 6) is 0. The number of halogens is 2. The van der Waals surface area contributed by atoms with Crippen molar-refractivity contribution >= 4 is 44.2 Å². The normalized spacial score (nSPS) is 18.0. The molecular weight excluding hydrogens is 390 g/mol. The summed E-state index contributed by atoms with van der Waals surface area (Å²) in [5.41, 5.74) is 3.41. The Hall–Kier alpha value is 1.82. The van der Waals surface area contributed by atoms with Gasteiger partial charge in [0.25, 0.3) is 0 Å². The Morgan fingerprint density at radius 3 is 0.944 bits per heavy atom. The minimum absolute atomic E-state index is 0.112. The van der Waals surface area contributed by atoms with Crippen LogP contribution in [0.1, 0.15) is 68.2 Å². The van der Waals surface area contributed by atoms with Gasteiger partial charge in [-0.3, -0.25) is 0 Å². The van der Waals surface area contributed by atoms with E-state index in [-0.39, 0.29) is 13.2 Å². The van der Waals surface area contributed by atoms with Crippen LogP contribution in [0.3, 0.4) is 0 Å². The lowest BCUT2D eigenvalue weighted by atomic mass is 10.4. The molecule has 0 aliphatic heterocycles. The molecule has 0 fully saturated rings. The fraction of sp³-hybridized carbons (Fsp3) is 1.00. The first-order valence-corrected chi connectivity index (χ1v) is 14.1. The van der Waals surface area contributed by atoms with Crippen molar-refractivity contribution in [1.82, 2.24) is 0 Å². The van der Waals surface area contributed by atoms with Crippen molar-refractivity contribution < 1.29 is 0 Å². The van der Waals surface area contributed by atoms with Gasteiger partial charge < -0.3 is 0 Å². The SMILES string of the molecule is CCC(C)P(Br)C(C)C.CCC(C)P(Br)C(C)C. The molecular formula is C14H32Br2P2. The fourth-order valence-corrected chi connectivity index (χ4v) is 5.84. The fourth-order valence-electron chi connectivity index (χ4n) is 1.37. The molecule has 0 rings (SSSR count). The van der Waals surface area contributed by atoms with Crippen molar-refractivity contribution in [3.05, 3.63) is 0 Å². The monoisotopic (exact) mass is 420 g/mol. The molecule has 4 atom stereocenters. The lowest BCUT2D eigenvalue weighted by Crippen LogP contribution is -2.00. The van der Waals surface area contributed by atoms with Crippen LogP contribution in [0.5, 0.6) is 0 Å². The highest BCUT2D eigenvalue weighted by atomic mass is 79.9. The predicted octanol–water partition coefficient (Wildman–Crippen LogP) is 7.97. The molecule has 0 saturated carbocycles. The molecule has 4 heteroatoms. The lowest BCUT2D eigenvalue weighted by molar-refractivity contribution is 0.884. The Kier molecular flexibility index (Phi) is 15.4.